The summed E-state index contributed by atoms with van der Waals surface area (Å²) in [6.07, 6.45) is 1.14. The van der Waals surface area contributed by atoms with Crippen LogP contribution < -0.4 is 0 Å². The molecule has 1 saturated heterocycles. The summed E-state index contributed by atoms with van der Waals surface area (Å²) in [6, 6.07) is 8.72. The quantitative estimate of drug-likeness (QED) is 0.864. The number of rotatable bonds is 4. The molecule has 17 heavy (non-hydrogen) atoms. The predicted molar refractivity (Wildman–Crippen MR) is 71.0 cm³/mol. The molecule has 1 N–H and O–H groups in total. The van der Waals surface area contributed by atoms with Gasteiger partial charge in [0.25, 0.3) is 0 Å². The Hall–Kier alpha value is -0.860. The van der Waals surface area contributed by atoms with Crippen LogP contribution in [0, 0.1) is 5.92 Å². The fourth-order valence-electron chi connectivity index (χ4n) is 2.69. The molecule has 0 radical (unpaired) electrons. The Morgan fingerprint density at radius 3 is 2.76 bits per heavy atom. The molecule has 1 aliphatic heterocycles. The molecule has 0 amide bonds. The van der Waals surface area contributed by atoms with E-state index in [0.29, 0.717) is 18.4 Å². The minimum atomic E-state index is 0.336. The minimum absolute atomic E-state index is 0.336. The topological polar surface area (TPSA) is 23.5 Å². The van der Waals surface area contributed by atoms with Crippen molar-refractivity contribution in [1.82, 2.24) is 4.90 Å². The highest BCUT2D eigenvalue weighted by atomic mass is 16.3. The molecule has 1 aromatic carbocycles. The number of likely N-dealkylation sites (tertiary alicyclic amines) is 1. The molecule has 0 spiro atoms. The summed E-state index contributed by atoms with van der Waals surface area (Å²) in [5, 5.41) is 9.17. The van der Waals surface area contributed by atoms with Gasteiger partial charge in [0, 0.05) is 19.7 Å². The molecule has 1 atom stereocenters. The lowest BCUT2D eigenvalue weighted by Crippen LogP contribution is -2.21. The Kier molecular flexibility index (Phi) is 4.19. The van der Waals surface area contributed by atoms with Gasteiger partial charge in [-0.1, -0.05) is 38.1 Å². The first kappa shape index (κ1) is 12.6. The minimum Gasteiger partial charge on any atom is -0.396 e. The Bertz CT molecular complexity index is 362. The van der Waals surface area contributed by atoms with Crippen LogP contribution in [0.4, 0.5) is 0 Å². The van der Waals surface area contributed by atoms with Crippen molar-refractivity contribution in [3.05, 3.63) is 35.4 Å². The number of nitrogens with zero attached hydrogens (tertiary/aromatic N) is 1. The monoisotopic (exact) mass is 233 g/mol. The molecular formula is C15H23NO. The predicted octanol–water partition coefficient (Wildman–Crippen LogP) is 2.62. The smallest absolute Gasteiger partial charge is 0.0471 e. The maximum Gasteiger partial charge on any atom is 0.0471 e. The number of aliphatic hydroxyl groups is 1. The molecule has 1 fully saturated rings. The first-order chi connectivity index (χ1) is 8.20. The van der Waals surface area contributed by atoms with Gasteiger partial charge in [-0.3, -0.25) is 4.90 Å². The van der Waals surface area contributed by atoms with Crippen LogP contribution in [0.15, 0.2) is 24.3 Å². The van der Waals surface area contributed by atoms with E-state index in [1.54, 1.807) is 0 Å². The lowest BCUT2D eigenvalue weighted by Gasteiger charge is -2.19. The van der Waals surface area contributed by atoms with Gasteiger partial charge in [0.05, 0.1) is 0 Å². The van der Waals surface area contributed by atoms with Crippen LogP contribution in [0.1, 0.15) is 37.3 Å². The van der Waals surface area contributed by atoms with Crippen LogP contribution in [0.2, 0.25) is 0 Å². The summed E-state index contributed by atoms with van der Waals surface area (Å²) >= 11 is 0. The Balaban J connectivity index is 2.04. The molecule has 1 heterocycles. The fourth-order valence-corrected chi connectivity index (χ4v) is 2.69. The van der Waals surface area contributed by atoms with Crippen molar-refractivity contribution in [3.63, 3.8) is 0 Å². The third-order valence-electron chi connectivity index (χ3n) is 3.70. The lowest BCUT2D eigenvalue weighted by molar-refractivity contribution is 0.220. The fraction of sp³-hybridized carbons (Fsp3) is 0.600. The third-order valence-corrected chi connectivity index (χ3v) is 3.70. The first-order valence-corrected chi connectivity index (χ1v) is 6.61. The third kappa shape index (κ3) is 3.08. The van der Waals surface area contributed by atoms with E-state index in [-0.39, 0.29) is 0 Å². The average Bonchev–Trinajstić information content (AvgIpc) is 2.77. The highest BCUT2D eigenvalue weighted by Crippen LogP contribution is 2.23. The molecule has 1 aromatic rings. The molecule has 1 aliphatic rings. The van der Waals surface area contributed by atoms with E-state index < -0.39 is 0 Å². The van der Waals surface area contributed by atoms with E-state index in [9.17, 15) is 0 Å². The summed E-state index contributed by atoms with van der Waals surface area (Å²) in [7, 11) is 0. The van der Waals surface area contributed by atoms with Gasteiger partial charge in [-0.25, -0.2) is 0 Å². The molecule has 1 unspecified atom stereocenters. The average molecular weight is 233 g/mol. The maximum absolute atomic E-state index is 9.17. The normalized spacial score (nSPS) is 21.3. The molecule has 0 aromatic heterocycles. The van der Waals surface area contributed by atoms with Crippen molar-refractivity contribution < 1.29 is 5.11 Å². The van der Waals surface area contributed by atoms with E-state index in [4.69, 9.17) is 5.11 Å². The molecule has 0 bridgehead atoms. The number of benzene rings is 1. The van der Waals surface area contributed by atoms with Gasteiger partial charge < -0.3 is 5.11 Å². The van der Waals surface area contributed by atoms with Crippen LogP contribution in [0.5, 0.6) is 0 Å². The van der Waals surface area contributed by atoms with Crippen molar-refractivity contribution in [3.8, 4) is 0 Å². The molecular weight excluding hydrogens is 210 g/mol. The Labute approximate surface area is 104 Å². The molecule has 94 valence electrons. The summed E-state index contributed by atoms with van der Waals surface area (Å²) in [5.41, 5.74) is 2.90. The van der Waals surface area contributed by atoms with Gasteiger partial charge in [0.2, 0.25) is 0 Å². The molecule has 0 aliphatic carbocycles. The Morgan fingerprint density at radius 2 is 2.12 bits per heavy atom. The van der Waals surface area contributed by atoms with E-state index >= 15 is 0 Å². The largest absolute Gasteiger partial charge is 0.396 e. The summed E-state index contributed by atoms with van der Waals surface area (Å²) in [4.78, 5) is 2.46. The van der Waals surface area contributed by atoms with Crippen LogP contribution >= 0.6 is 0 Å². The molecule has 2 nitrogen and oxygen atoms in total. The maximum atomic E-state index is 9.17. The van der Waals surface area contributed by atoms with Crippen LogP contribution in [-0.2, 0) is 6.54 Å². The van der Waals surface area contributed by atoms with Crippen LogP contribution in [0.3, 0.4) is 0 Å². The zero-order valence-electron chi connectivity index (χ0n) is 10.9. The number of aliphatic hydroxyl groups excluding tert-OH is 1. The van der Waals surface area contributed by atoms with Crippen molar-refractivity contribution in [2.24, 2.45) is 5.92 Å². The standard InChI is InChI=1S/C15H23NO/c1-12(2)15-6-4-3-5-14(15)10-16-8-7-13(9-16)11-17/h3-6,12-13,17H,7-11H2,1-2H3. The highest BCUT2D eigenvalue weighted by Gasteiger charge is 2.22. The van der Waals surface area contributed by atoms with Crippen molar-refractivity contribution in [2.45, 2.75) is 32.7 Å². The van der Waals surface area contributed by atoms with E-state index in [0.717, 1.165) is 26.1 Å². The van der Waals surface area contributed by atoms with Gasteiger partial charge in [-0.2, -0.15) is 0 Å². The molecule has 2 rings (SSSR count). The molecule has 0 saturated carbocycles. The van der Waals surface area contributed by atoms with Crippen molar-refractivity contribution in [1.29, 1.82) is 0 Å². The lowest BCUT2D eigenvalue weighted by atomic mass is 9.97. The zero-order valence-corrected chi connectivity index (χ0v) is 10.9. The SMILES string of the molecule is CC(C)c1ccccc1CN1CCC(CO)C1. The van der Waals surface area contributed by atoms with Gasteiger partial charge in [0.15, 0.2) is 0 Å². The van der Waals surface area contributed by atoms with Gasteiger partial charge in [-0.15, -0.1) is 0 Å². The second-order valence-corrected chi connectivity index (χ2v) is 5.43. The van der Waals surface area contributed by atoms with Crippen molar-refractivity contribution >= 4 is 0 Å². The summed E-state index contributed by atoms with van der Waals surface area (Å²) in [6.45, 7) is 8.03. The van der Waals surface area contributed by atoms with E-state index in [1.165, 1.54) is 11.1 Å². The van der Waals surface area contributed by atoms with Gasteiger partial charge in [0.1, 0.15) is 0 Å². The number of hydrogen-bond acceptors (Lipinski definition) is 2. The van der Waals surface area contributed by atoms with Gasteiger partial charge >= 0.3 is 0 Å². The second-order valence-electron chi connectivity index (χ2n) is 5.43. The van der Waals surface area contributed by atoms with E-state index in [1.807, 2.05) is 0 Å². The Morgan fingerprint density at radius 1 is 1.35 bits per heavy atom. The first-order valence-electron chi connectivity index (χ1n) is 6.61. The van der Waals surface area contributed by atoms with Crippen LogP contribution in [0.25, 0.3) is 0 Å². The van der Waals surface area contributed by atoms with Crippen molar-refractivity contribution in [2.75, 3.05) is 19.7 Å². The number of hydrogen-bond donors (Lipinski definition) is 1. The van der Waals surface area contributed by atoms with Gasteiger partial charge in [-0.05, 0) is 35.9 Å². The second kappa shape index (κ2) is 5.65. The molecule has 2 heteroatoms. The van der Waals surface area contributed by atoms with E-state index in [2.05, 4.69) is 43.0 Å². The zero-order chi connectivity index (χ0) is 12.3. The summed E-state index contributed by atoms with van der Waals surface area (Å²) in [5.74, 6) is 1.07. The highest BCUT2D eigenvalue weighted by molar-refractivity contribution is 5.29. The van der Waals surface area contributed by atoms with Crippen LogP contribution in [-0.4, -0.2) is 29.7 Å². The summed E-state index contributed by atoms with van der Waals surface area (Å²) < 4.78 is 0.